The number of hydrogen-bond acceptors (Lipinski definition) is 5. The fraction of sp³-hybridized carbons (Fsp3) is 0.391. The molecule has 1 unspecified atom stereocenters. The van der Waals surface area contributed by atoms with Crippen LogP contribution in [0.4, 0.5) is 0 Å². The van der Waals surface area contributed by atoms with E-state index in [1.807, 2.05) is 6.07 Å². The van der Waals surface area contributed by atoms with Crippen molar-refractivity contribution < 1.29 is 18.4 Å². The zero-order valence-electron chi connectivity index (χ0n) is 18.7. The highest BCUT2D eigenvalue weighted by Gasteiger charge is 2.39. The Hall–Kier alpha value is -2.41. The molecule has 0 amide bonds. The van der Waals surface area contributed by atoms with Gasteiger partial charge in [-0.2, -0.15) is 5.26 Å². The zero-order chi connectivity index (χ0) is 22.4. The Balaban J connectivity index is 2.07. The van der Waals surface area contributed by atoms with Gasteiger partial charge in [-0.05, 0) is 87.7 Å². The van der Waals surface area contributed by atoms with Crippen LogP contribution in [0.15, 0.2) is 48.5 Å². The van der Waals surface area contributed by atoms with Crippen LogP contribution in [0, 0.1) is 11.3 Å². The van der Waals surface area contributed by atoms with Crippen LogP contribution < -0.4 is 9.47 Å². The van der Waals surface area contributed by atoms with E-state index in [1.165, 1.54) is 0 Å². The molecular weight excluding hydrogens is 410 g/mol. The zero-order valence-corrected chi connectivity index (χ0v) is 20.7. The summed E-state index contributed by atoms with van der Waals surface area (Å²) in [7, 11) is -3.71. The number of carbonyl (C=O) groups excluding carboxylic acids is 1. The molecule has 0 bridgehead atoms. The van der Waals surface area contributed by atoms with Gasteiger partial charge in [0.05, 0.1) is 17.2 Å². The number of nitriles is 1. The standard InChI is InChI=1S/C23H31NO4Si2/c1-7-8-22(30(5,6)28-29(2,3)4)26-20-15-11-19(12-16-20)23(25)27-21-13-9-18(17-24)10-14-21/h9-16,22H,7-8H2,1-6H3. The third-order valence-electron chi connectivity index (χ3n) is 4.46. The lowest BCUT2D eigenvalue weighted by Crippen LogP contribution is -2.53. The maximum atomic E-state index is 12.4. The lowest BCUT2D eigenvalue weighted by atomic mass is 10.2. The van der Waals surface area contributed by atoms with Crippen LogP contribution in [0.5, 0.6) is 11.5 Å². The molecule has 2 aromatic rings. The highest BCUT2D eigenvalue weighted by atomic mass is 28.4. The van der Waals surface area contributed by atoms with E-state index >= 15 is 0 Å². The summed E-state index contributed by atoms with van der Waals surface area (Å²) in [5.74, 6) is 0.676. The predicted molar refractivity (Wildman–Crippen MR) is 124 cm³/mol. The molecule has 0 fully saturated rings. The van der Waals surface area contributed by atoms with E-state index in [0.29, 0.717) is 16.9 Å². The number of nitrogens with zero attached hydrogens (tertiary/aromatic N) is 1. The maximum Gasteiger partial charge on any atom is 0.343 e. The third-order valence-corrected chi connectivity index (χ3v) is 11.0. The number of carbonyl (C=O) groups is 1. The molecule has 1 atom stereocenters. The lowest BCUT2D eigenvalue weighted by Gasteiger charge is -2.37. The molecule has 0 aliphatic heterocycles. The Morgan fingerprint density at radius 2 is 1.53 bits per heavy atom. The summed E-state index contributed by atoms with van der Waals surface area (Å²) < 4.78 is 18.2. The van der Waals surface area contributed by atoms with Gasteiger partial charge in [-0.1, -0.05) is 13.3 Å². The van der Waals surface area contributed by atoms with Gasteiger partial charge in [-0.25, -0.2) is 4.79 Å². The Labute approximate surface area is 181 Å². The van der Waals surface area contributed by atoms with E-state index < -0.39 is 22.6 Å². The summed E-state index contributed by atoms with van der Waals surface area (Å²) in [6, 6.07) is 15.5. The SMILES string of the molecule is CCCC(Oc1ccc(C(=O)Oc2ccc(C#N)cc2)cc1)[Si](C)(C)O[Si](C)(C)C. The molecule has 0 aromatic heterocycles. The van der Waals surface area contributed by atoms with Crippen molar-refractivity contribution in [1.82, 2.24) is 0 Å². The van der Waals surface area contributed by atoms with Gasteiger partial charge < -0.3 is 13.6 Å². The van der Waals surface area contributed by atoms with Gasteiger partial charge in [0.1, 0.15) is 17.2 Å². The van der Waals surface area contributed by atoms with Gasteiger partial charge in [-0.3, -0.25) is 0 Å². The summed E-state index contributed by atoms with van der Waals surface area (Å²) in [6.07, 6.45) is 1.96. The predicted octanol–water partition coefficient (Wildman–Crippen LogP) is 5.92. The minimum Gasteiger partial charge on any atom is -0.491 e. The second-order valence-corrected chi connectivity index (χ2v) is 17.7. The molecule has 5 nitrogen and oxygen atoms in total. The fourth-order valence-electron chi connectivity index (χ4n) is 3.26. The van der Waals surface area contributed by atoms with Crippen LogP contribution in [0.25, 0.3) is 0 Å². The molecule has 0 N–H and O–H groups in total. The quantitative estimate of drug-likeness (QED) is 0.274. The first-order valence-electron chi connectivity index (χ1n) is 10.2. The third kappa shape index (κ3) is 7.13. The fourth-order valence-corrected chi connectivity index (χ4v) is 11.5. The molecule has 0 radical (unpaired) electrons. The molecule has 160 valence electrons. The molecule has 0 aliphatic rings. The average molecular weight is 442 g/mol. The van der Waals surface area contributed by atoms with Crippen molar-refractivity contribution in [3.63, 3.8) is 0 Å². The van der Waals surface area contributed by atoms with Crippen LogP contribution in [0.3, 0.4) is 0 Å². The van der Waals surface area contributed by atoms with Gasteiger partial charge in [-0.15, -0.1) is 0 Å². The Bertz CT molecular complexity index is 881. The molecule has 0 saturated carbocycles. The van der Waals surface area contributed by atoms with E-state index in [1.54, 1.807) is 48.5 Å². The molecular formula is C23H31NO4Si2. The number of rotatable bonds is 9. The molecule has 0 aliphatic carbocycles. The summed E-state index contributed by atoms with van der Waals surface area (Å²) in [5, 5.41) is 8.84. The molecule has 7 heteroatoms. The van der Waals surface area contributed by atoms with Gasteiger partial charge >= 0.3 is 5.97 Å². The van der Waals surface area contributed by atoms with E-state index in [0.717, 1.165) is 18.6 Å². The second-order valence-electron chi connectivity index (χ2n) is 8.76. The van der Waals surface area contributed by atoms with Crippen molar-refractivity contribution in [2.45, 2.75) is 58.2 Å². The van der Waals surface area contributed by atoms with Crippen LogP contribution in [0.2, 0.25) is 32.7 Å². The summed E-state index contributed by atoms with van der Waals surface area (Å²) >= 11 is 0. The minimum atomic E-state index is -2.04. The first-order chi connectivity index (χ1) is 14.0. The van der Waals surface area contributed by atoms with Crippen molar-refractivity contribution in [1.29, 1.82) is 5.26 Å². The molecule has 2 rings (SSSR count). The maximum absolute atomic E-state index is 12.4. The van der Waals surface area contributed by atoms with Crippen LogP contribution in [-0.4, -0.2) is 28.3 Å². The van der Waals surface area contributed by atoms with Gasteiger partial charge in [0.15, 0.2) is 8.32 Å². The summed E-state index contributed by atoms with van der Waals surface area (Å²) in [5.41, 5.74) is 1.00. The average Bonchev–Trinajstić information content (AvgIpc) is 2.67. The van der Waals surface area contributed by atoms with Crippen LogP contribution in [-0.2, 0) is 4.12 Å². The lowest BCUT2D eigenvalue weighted by molar-refractivity contribution is 0.0734. The number of benzene rings is 2. The van der Waals surface area contributed by atoms with Crippen molar-refractivity contribution in [2.24, 2.45) is 0 Å². The van der Waals surface area contributed by atoms with Crippen molar-refractivity contribution in [3.05, 3.63) is 59.7 Å². The first kappa shape index (κ1) is 23.9. The Kier molecular flexibility index (Phi) is 8.01. The Morgan fingerprint density at radius 3 is 2.03 bits per heavy atom. The number of esters is 1. The van der Waals surface area contributed by atoms with Crippen molar-refractivity contribution >= 4 is 22.6 Å². The smallest absolute Gasteiger partial charge is 0.343 e. The van der Waals surface area contributed by atoms with Gasteiger partial charge in [0, 0.05) is 0 Å². The molecule has 30 heavy (non-hydrogen) atoms. The Morgan fingerprint density at radius 1 is 0.967 bits per heavy atom. The van der Waals surface area contributed by atoms with Crippen LogP contribution >= 0.6 is 0 Å². The van der Waals surface area contributed by atoms with E-state index in [2.05, 4.69) is 39.7 Å². The molecule has 2 aromatic carbocycles. The first-order valence-corrected chi connectivity index (χ1v) is 16.6. The van der Waals surface area contributed by atoms with Crippen molar-refractivity contribution in [3.8, 4) is 17.6 Å². The van der Waals surface area contributed by atoms with E-state index in [-0.39, 0.29) is 5.73 Å². The highest BCUT2D eigenvalue weighted by Crippen LogP contribution is 2.26. The molecule has 0 heterocycles. The monoisotopic (exact) mass is 441 g/mol. The van der Waals surface area contributed by atoms with Gasteiger partial charge in [0.2, 0.25) is 8.32 Å². The highest BCUT2D eigenvalue weighted by molar-refractivity contribution is 6.84. The number of ether oxygens (including phenoxy) is 2. The largest absolute Gasteiger partial charge is 0.491 e. The molecule has 0 saturated heterocycles. The van der Waals surface area contributed by atoms with E-state index in [9.17, 15) is 4.79 Å². The topological polar surface area (TPSA) is 68.5 Å². The van der Waals surface area contributed by atoms with Crippen molar-refractivity contribution in [2.75, 3.05) is 0 Å². The second kappa shape index (κ2) is 10.1. The van der Waals surface area contributed by atoms with Gasteiger partial charge in [0.25, 0.3) is 0 Å². The minimum absolute atomic E-state index is 0.0469. The number of hydrogen-bond donors (Lipinski definition) is 0. The normalized spacial score (nSPS) is 12.7. The molecule has 0 spiro atoms. The van der Waals surface area contributed by atoms with Crippen LogP contribution in [0.1, 0.15) is 35.7 Å². The van der Waals surface area contributed by atoms with E-state index in [4.69, 9.17) is 18.9 Å². The summed E-state index contributed by atoms with van der Waals surface area (Å²) in [4.78, 5) is 12.4. The summed E-state index contributed by atoms with van der Waals surface area (Å²) in [6.45, 7) is 13.2.